The average Bonchev–Trinajstić information content (AvgIpc) is 2.91. The zero-order chi connectivity index (χ0) is 24.0. The maximum Gasteiger partial charge on any atom is 0.220 e. The summed E-state index contributed by atoms with van der Waals surface area (Å²) in [5, 5.41) is 14.3. The molecule has 4 aromatic rings. The lowest BCUT2D eigenvalue weighted by molar-refractivity contribution is -0.121. The molecule has 0 fully saturated rings. The van der Waals surface area contributed by atoms with Crippen molar-refractivity contribution < 1.29 is 9.53 Å². The summed E-state index contributed by atoms with van der Waals surface area (Å²) >= 11 is 0. The SMILES string of the molecule is N#Cc1ccc2cc(COc3ccc4c(c3)C(CC(=O)NCc3ccccc3)CCC4)ccc2c1. The van der Waals surface area contributed by atoms with E-state index in [4.69, 9.17) is 10.00 Å². The molecule has 35 heavy (non-hydrogen) atoms. The molecule has 0 aliphatic heterocycles. The fourth-order valence-electron chi connectivity index (χ4n) is 4.89. The number of aryl methyl sites for hydroxylation is 1. The van der Waals surface area contributed by atoms with Crippen molar-refractivity contribution in [3.05, 3.63) is 113 Å². The van der Waals surface area contributed by atoms with Gasteiger partial charge < -0.3 is 10.1 Å². The minimum atomic E-state index is 0.0914. The smallest absolute Gasteiger partial charge is 0.220 e. The van der Waals surface area contributed by atoms with Gasteiger partial charge in [-0.15, -0.1) is 0 Å². The molecular formula is C31H28N2O2. The van der Waals surface area contributed by atoms with Crippen molar-refractivity contribution in [2.45, 2.75) is 44.8 Å². The summed E-state index contributed by atoms with van der Waals surface area (Å²) in [4.78, 5) is 12.7. The number of carbonyl (C=O) groups excluding carboxylic acids is 1. The van der Waals surface area contributed by atoms with E-state index in [1.165, 1.54) is 11.1 Å². The largest absolute Gasteiger partial charge is 0.489 e. The molecule has 1 N–H and O–H groups in total. The van der Waals surface area contributed by atoms with Gasteiger partial charge in [-0.3, -0.25) is 4.79 Å². The van der Waals surface area contributed by atoms with Gasteiger partial charge in [-0.05, 0) is 88.5 Å². The number of nitrogens with one attached hydrogen (secondary N) is 1. The fourth-order valence-corrected chi connectivity index (χ4v) is 4.89. The molecule has 1 aliphatic rings. The standard InChI is InChI=1S/C31H28N2O2/c32-19-23-9-11-27-16-24(10-12-26(27)15-23)21-35-29-14-13-25-7-4-8-28(30(25)18-29)17-31(34)33-20-22-5-2-1-3-6-22/h1-3,5-6,9-16,18,28H,4,7-8,17,20-21H2,(H,33,34). The van der Waals surface area contributed by atoms with E-state index in [0.717, 1.165) is 46.9 Å². The molecule has 5 rings (SSSR count). The van der Waals surface area contributed by atoms with Crippen LogP contribution in [-0.4, -0.2) is 5.91 Å². The summed E-state index contributed by atoms with van der Waals surface area (Å²) in [5.41, 5.74) is 5.42. The van der Waals surface area contributed by atoms with Crippen LogP contribution in [0.1, 0.15) is 53.0 Å². The number of nitrogens with zero attached hydrogens (tertiary/aromatic N) is 1. The third-order valence-corrected chi connectivity index (χ3v) is 6.76. The summed E-state index contributed by atoms with van der Waals surface area (Å²) in [5.74, 6) is 1.14. The molecule has 0 spiro atoms. The highest BCUT2D eigenvalue weighted by Gasteiger charge is 2.23. The molecule has 0 saturated heterocycles. The lowest BCUT2D eigenvalue weighted by atomic mass is 9.81. The molecule has 0 aromatic heterocycles. The first-order valence-electron chi connectivity index (χ1n) is 12.2. The van der Waals surface area contributed by atoms with Gasteiger partial charge in [0.05, 0.1) is 11.6 Å². The topological polar surface area (TPSA) is 62.1 Å². The van der Waals surface area contributed by atoms with Crippen LogP contribution in [-0.2, 0) is 24.4 Å². The number of ether oxygens (including phenoxy) is 1. The third kappa shape index (κ3) is 5.53. The van der Waals surface area contributed by atoms with E-state index in [-0.39, 0.29) is 11.8 Å². The Bertz CT molecular complexity index is 1390. The summed E-state index contributed by atoms with van der Waals surface area (Å²) in [7, 11) is 0. The lowest BCUT2D eigenvalue weighted by Crippen LogP contribution is -2.25. The highest BCUT2D eigenvalue weighted by atomic mass is 16.5. The van der Waals surface area contributed by atoms with Crippen molar-refractivity contribution in [3.8, 4) is 11.8 Å². The molecule has 1 unspecified atom stereocenters. The number of hydrogen-bond acceptors (Lipinski definition) is 3. The zero-order valence-electron chi connectivity index (χ0n) is 19.7. The van der Waals surface area contributed by atoms with Gasteiger partial charge in [-0.2, -0.15) is 5.26 Å². The Kier molecular flexibility index (Phi) is 6.77. The van der Waals surface area contributed by atoms with E-state index in [1.54, 1.807) is 0 Å². The molecule has 0 bridgehead atoms. The Morgan fingerprint density at radius 1 is 0.943 bits per heavy atom. The van der Waals surface area contributed by atoms with Crippen LogP contribution in [0.25, 0.3) is 10.8 Å². The van der Waals surface area contributed by atoms with Crippen LogP contribution in [0.5, 0.6) is 5.75 Å². The van der Waals surface area contributed by atoms with E-state index in [2.05, 4.69) is 29.6 Å². The molecule has 4 heteroatoms. The number of rotatable bonds is 7. The maximum atomic E-state index is 12.7. The maximum absolute atomic E-state index is 12.7. The molecular weight excluding hydrogens is 432 g/mol. The highest BCUT2D eigenvalue weighted by molar-refractivity contribution is 5.84. The summed E-state index contributed by atoms with van der Waals surface area (Å²) in [6, 6.07) is 30.4. The Balaban J connectivity index is 1.24. The van der Waals surface area contributed by atoms with E-state index < -0.39 is 0 Å². The minimum Gasteiger partial charge on any atom is -0.489 e. The molecule has 1 amide bonds. The normalized spacial score (nSPS) is 14.7. The average molecular weight is 461 g/mol. The van der Waals surface area contributed by atoms with Gasteiger partial charge in [0, 0.05) is 13.0 Å². The molecule has 4 nitrogen and oxygen atoms in total. The molecule has 0 heterocycles. The van der Waals surface area contributed by atoms with Crippen LogP contribution >= 0.6 is 0 Å². The van der Waals surface area contributed by atoms with Crippen molar-refractivity contribution in [2.24, 2.45) is 0 Å². The quantitative estimate of drug-likeness (QED) is 0.346. The number of nitriles is 1. The van der Waals surface area contributed by atoms with Crippen molar-refractivity contribution in [3.63, 3.8) is 0 Å². The molecule has 1 aliphatic carbocycles. The van der Waals surface area contributed by atoms with Crippen molar-refractivity contribution in [1.29, 1.82) is 5.26 Å². The Morgan fingerprint density at radius 3 is 2.63 bits per heavy atom. The van der Waals surface area contributed by atoms with Gasteiger partial charge >= 0.3 is 0 Å². The monoisotopic (exact) mass is 460 g/mol. The van der Waals surface area contributed by atoms with E-state index in [9.17, 15) is 4.79 Å². The van der Waals surface area contributed by atoms with Crippen molar-refractivity contribution >= 4 is 16.7 Å². The van der Waals surface area contributed by atoms with Crippen LogP contribution in [0.15, 0.2) is 84.9 Å². The zero-order valence-corrected chi connectivity index (χ0v) is 19.7. The van der Waals surface area contributed by atoms with Crippen LogP contribution in [0.2, 0.25) is 0 Å². The molecule has 0 saturated carbocycles. The minimum absolute atomic E-state index is 0.0914. The van der Waals surface area contributed by atoms with Crippen molar-refractivity contribution in [2.75, 3.05) is 0 Å². The van der Waals surface area contributed by atoms with Crippen LogP contribution in [0, 0.1) is 11.3 Å². The number of carbonyl (C=O) groups is 1. The number of amides is 1. The van der Waals surface area contributed by atoms with E-state index in [0.29, 0.717) is 25.1 Å². The van der Waals surface area contributed by atoms with Gasteiger partial charge in [0.1, 0.15) is 12.4 Å². The third-order valence-electron chi connectivity index (χ3n) is 6.76. The Labute approximate surface area is 206 Å². The van der Waals surface area contributed by atoms with Gasteiger partial charge in [0.15, 0.2) is 0 Å². The summed E-state index contributed by atoms with van der Waals surface area (Å²) in [6.07, 6.45) is 3.67. The van der Waals surface area contributed by atoms with Gasteiger partial charge in [-0.25, -0.2) is 0 Å². The molecule has 4 aromatic carbocycles. The van der Waals surface area contributed by atoms with Gasteiger partial charge in [0.2, 0.25) is 5.91 Å². The van der Waals surface area contributed by atoms with E-state index in [1.807, 2.05) is 66.7 Å². The molecule has 0 radical (unpaired) electrons. The molecule has 174 valence electrons. The second-order valence-electron chi connectivity index (χ2n) is 9.21. The van der Waals surface area contributed by atoms with Crippen molar-refractivity contribution in [1.82, 2.24) is 5.32 Å². The number of fused-ring (bicyclic) bond motifs is 2. The van der Waals surface area contributed by atoms with Crippen LogP contribution in [0.3, 0.4) is 0 Å². The molecule has 1 atom stereocenters. The van der Waals surface area contributed by atoms with Gasteiger partial charge in [0.25, 0.3) is 0 Å². The van der Waals surface area contributed by atoms with Crippen LogP contribution in [0.4, 0.5) is 0 Å². The second-order valence-corrected chi connectivity index (χ2v) is 9.21. The fraction of sp³-hybridized carbons (Fsp3) is 0.226. The van der Waals surface area contributed by atoms with Gasteiger partial charge in [-0.1, -0.05) is 54.6 Å². The highest BCUT2D eigenvalue weighted by Crippen LogP contribution is 2.36. The predicted molar refractivity (Wildman–Crippen MR) is 138 cm³/mol. The second kappa shape index (κ2) is 10.4. The number of hydrogen-bond donors (Lipinski definition) is 1. The summed E-state index contributed by atoms with van der Waals surface area (Å²) < 4.78 is 6.16. The first kappa shape index (κ1) is 22.7. The first-order chi connectivity index (χ1) is 17.2. The Hall–Kier alpha value is -4.10. The predicted octanol–water partition coefficient (Wildman–Crippen LogP) is 6.42. The van der Waals surface area contributed by atoms with Crippen LogP contribution < -0.4 is 10.1 Å². The first-order valence-corrected chi connectivity index (χ1v) is 12.2. The summed E-state index contributed by atoms with van der Waals surface area (Å²) in [6.45, 7) is 1.03. The van der Waals surface area contributed by atoms with E-state index >= 15 is 0 Å². The Morgan fingerprint density at radius 2 is 1.77 bits per heavy atom. The lowest BCUT2D eigenvalue weighted by Gasteiger charge is -2.26. The number of benzene rings is 4.